The molecule has 0 spiro atoms. The molecule has 0 aromatic heterocycles. The Labute approximate surface area is 74.3 Å². The van der Waals surface area contributed by atoms with Crippen molar-refractivity contribution in [2.75, 3.05) is 12.4 Å². The normalized spacial score (nSPS) is 9.27. The smallest absolute Gasteiger partial charge is 0.0427 e. The highest BCUT2D eigenvalue weighted by molar-refractivity contribution is 9.10. The van der Waals surface area contributed by atoms with E-state index in [0.29, 0.717) is 0 Å². The summed E-state index contributed by atoms with van der Waals surface area (Å²) in [5.74, 6) is 0. The van der Waals surface area contributed by atoms with Crippen LogP contribution in [0.4, 0.5) is 5.69 Å². The molecule has 3 heteroatoms. The quantitative estimate of drug-likeness (QED) is 0.727. The molecule has 0 aliphatic rings. The number of anilines is 1. The lowest BCUT2D eigenvalue weighted by Crippen LogP contribution is -1.93. The maximum Gasteiger partial charge on any atom is 0.0427 e. The molecule has 11 heavy (non-hydrogen) atoms. The summed E-state index contributed by atoms with van der Waals surface area (Å²) in [5, 5.41) is 10.1. The Balaban J connectivity index is 3.16. The summed E-state index contributed by atoms with van der Waals surface area (Å²) in [6.07, 6.45) is 1.33. The highest BCUT2D eigenvalue weighted by Gasteiger charge is 1.96. The lowest BCUT2D eigenvalue weighted by Gasteiger charge is -2.03. The fraction of sp³-hybridized carbons (Fsp3) is 0.125. The maximum absolute atomic E-state index is 7.10. The molecular weight excluding hydrogens is 204 g/mol. The van der Waals surface area contributed by atoms with Gasteiger partial charge in [0.25, 0.3) is 0 Å². The second kappa shape index (κ2) is 3.53. The van der Waals surface area contributed by atoms with Crippen molar-refractivity contribution in [3.63, 3.8) is 0 Å². The molecule has 0 fully saturated rings. The van der Waals surface area contributed by atoms with Gasteiger partial charge in [-0.2, -0.15) is 0 Å². The van der Waals surface area contributed by atoms with Crippen molar-refractivity contribution >= 4 is 27.8 Å². The largest absolute Gasteiger partial charge is 0.388 e. The number of hydrogen-bond donors (Lipinski definition) is 2. The highest BCUT2D eigenvalue weighted by atomic mass is 79.9. The number of rotatable bonds is 2. The summed E-state index contributed by atoms with van der Waals surface area (Å²) in [5.41, 5.74) is 1.87. The van der Waals surface area contributed by atoms with Gasteiger partial charge in [-0.3, -0.25) is 0 Å². The van der Waals surface area contributed by atoms with Crippen LogP contribution in [0.3, 0.4) is 0 Å². The molecule has 1 aromatic carbocycles. The van der Waals surface area contributed by atoms with E-state index in [1.807, 2.05) is 25.2 Å². The lowest BCUT2D eigenvalue weighted by molar-refractivity contribution is 1.46. The van der Waals surface area contributed by atoms with Crippen LogP contribution < -0.4 is 5.32 Å². The van der Waals surface area contributed by atoms with Gasteiger partial charge in [0.1, 0.15) is 0 Å². The number of hydrogen-bond acceptors (Lipinski definition) is 2. The van der Waals surface area contributed by atoms with Gasteiger partial charge in [-0.25, -0.2) is 0 Å². The van der Waals surface area contributed by atoms with Gasteiger partial charge in [-0.1, -0.05) is 15.9 Å². The topological polar surface area (TPSA) is 35.9 Å². The van der Waals surface area contributed by atoms with E-state index in [1.165, 1.54) is 6.21 Å². The monoisotopic (exact) mass is 212 g/mol. The average molecular weight is 213 g/mol. The first kappa shape index (κ1) is 8.27. The van der Waals surface area contributed by atoms with Gasteiger partial charge in [-0.05, 0) is 18.2 Å². The zero-order valence-electron chi connectivity index (χ0n) is 6.19. The molecule has 2 nitrogen and oxygen atoms in total. The lowest BCUT2D eigenvalue weighted by atomic mass is 10.2. The third-order valence-electron chi connectivity index (χ3n) is 1.44. The van der Waals surface area contributed by atoms with Crippen LogP contribution in [0.2, 0.25) is 0 Å². The number of nitrogens with one attached hydrogen (secondary N) is 2. The Kier molecular flexibility index (Phi) is 2.65. The third kappa shape index (κ3) is 1.80. The maximum atomic E-state index is 7.10. The van der Waals surface area contributed by atoms with Crippen molar-refractivity contribution in [2.45, 2.75) is 0 Å². The molecule has 0 aliphatic heterocycles. The van der Waals surface area contributed by atoms with E-state index in [4.69, 9.17) is 5.41 Å². The van der Waals surface area contributed by atoms with Gasteiger partial charge in [0, 0.05) is 29.0 Å². The standard InChI is InChI=1S/C8H9BrN2/c1-11-8-3-2-7(9)4-6(8)5-10/h2-5,10-11H,1H3. The third-order valence-corrected chi connectivity index (χ3v) is 1.93. The van der Waals surface area contributed by atoms with Crippen LogP contribution in [-0.4, -0.2) is 13.3 Å². The van der Waals surface area contributed by atoms with Crippen molar-refractivity contribution in [3.05, 3.63) is 28.2 Å². The van der Waals surface area contributed by atoms with Gasteiger partial charge in [0.15, 0.2) is 0 Å². The number of halogens is 1. The minimum Gasteiger partial charge on any atom is -0.388 e. The van der Waals surface area contributed by atoms with Crippen LogP contribution in [0.1, 0.15) is 5.56 Å². The molecule has 0 aliphatic carbocycles. The summed E-state index contributed by atoms with van der Waals surface area (Å²) in [7, 11) is 1.84. The second-order valence-corrected chi connectivity index (χ2v) is 3.04. The minimum atomic E-state index is 0.891. The molecule has 1 aromatic rings. The SMILES string of the molecule is CNc1ccc(Br)cc1C=N. The molecule has 0 saturated heterocycles. The Morgan fingerprint density at radius 1 is 1.55 bits per heavy atom. The first-order valence-corrected chi connectivity index (χ1v) is 4.05. The molecular formula is C8H9BrN2. The van der Waals surface area contributed by atoms with E-state index in [-0.39, 0.29) is 0 Å². The summed E-state index contributed by atoms with van der Waals surface area (Å²) < 4.78 is 0.995. The summed E-state index contributed by atoms with van der Waals surface area (Å²) in [4.78, 5) is 0. The van der Waals surface area contributed by atoms with Crippen LogP contribution in [0, 0.1) is 5.41 Å². The first-order chi connectivity index (χ1) is 5.27. The molecule has 0 amide bonds. The van der Waals surface area contributed by atoms with Crippen LogP contribution in [-0.2, 0) is 0 Å². The predicted molar refractivity (Wildman–Crippen MR) is 51.6 cm³/mol. The fourth-order valence-corrected chi connectivity index (χ4v) is 1.26. The van der Waals surface area contributed by atoms with E-state index in [9.17, 15) is 0 Å². The van der Waals surface area contributed by atoms with Crippen molar-refractivity contribution in [1.82, 2.24) is 0 Å². The zero-order valence-corrected chi connectivity index (χ0v) is 7.77. The molecule has 0 saturated carbocycles. The van der Waals surface area contributed by atoms with Crippen LogP contribution in [0.15, 0.2) is 22.7 Å². The Morgan fingerprint density at radius 3 is 2.82 bits per heavy atom. The molecule has 0 heterocycles. The van der Waals surface area contributed by atoms with Gasteiger partial charge < -0.3 is 10.7 Å². The summed E-state index contributed by atoms with van der Waals surface area (Å²) in [6, 6.07) is 5.78. The van der Waals surface area contributed by atoms with Crippen LogP contribution >= 0.6 is 15.9 Å². The van der Waals surface area contributed by atoms with Crippen molar-refractivity contribution in [1.29, 1.82) is 5.41 Å². The molecule has 58 valence electrons. The van der Waals surface area contributed by atoms with E-state index < -0.39 is 0 Å². The minimum absolute atomic E-state index is 0.891. The van der Waals surface area contributed by atoms with E-state index in [0.717, 1.165) is 15.7 Å². The Hall–Kier alpha value is -0.830. The van der Waals surface area contributed by atoms with Crippen molar-refractivity contribution in [2.24, 2.45) is 0 Å². The molecule has 1 rings (SSSR count). The van der Waals surface area contributed by atoms with Crippen LogP contribution in [0.25, 0.3) is 0 Å². The van der Waals surface area contributed by atoms with Gasteiger partial charge in [-0.15, -0.1) is 0 Å². The molecule has 0 bridgehead atoms. The second-order valence-electron chi connectivity index (χ2n) is 2.13. The highest BCUT2D eigenvalue weighted by Crippen LogP contribution is 2.18. The van der Waals surface area contributed by atoms with Gasteiger partial charge in [0.05, 0.1) is 0 Å². The molecule has 0 atom stereocenters. The van der Waals surface area contributed by atoms with Crippen molar-refractivity contribution in [3.8, 4) is 0 Å². The van der Waals surface area contributed by atoms with E-state index in [1.54, 1.807) is 0 Å². The molecule has 0 unspecified atom stereocenters. The molecule has 2 N–H and O–H groups in total. The average Bonchev–Trinajstić information content (AvgIpc) is 2.04. The summed E-state index contributed by atoms with van der Waals surface area (Å²) >= 11 is 3.34. The van der Waals surface area contributed by atoms with Crippen molar-refractivity contribution < 1.29 is 0 Å². The Bertz CT molecular complexity index is 271. The molecule has 0 radical (unpaired) electrons. The number of benzene rings is 1. The van der Waals surface area contributed by atoms with Crippen LogP contribution in [0.5, 0.6) is 0 Å². The van der Waals surface area contributed by atoms with Gasteiger partial charge in [0.2, 0.25) is 0 Å². The van der Waals surface area contributed by atoms with E-state index >= 15 is 0 Å². The fourth-order valence-electron chi connectivity index (χ4n) is 0.881. The Morgan fingerprint density at radius 2 is 2.27 bits per heavy atom. The van der Waals surface area contributed by atoms with E-state index in [2.05, 4.69) is 21.2 Å². The first-order valence-electron chi connectivity index (χ1n) is 3.25. The predicted octanol–water partition coefficient (Wildman–Crippen LogP) is 2.49. The zero-order chi connectivity index (χ0) is 8.27. The van der Waals surface area contributed by atoms with Gasteiger partial charge >= 0.3 is 0 Å². The summed E-state index contributed by atoms with van der Waals surface area (Å²) in [6.45, 7) is 0.